The van der Waals surface area contributed by atoms with Gasteiger partial charge in [0.05, 0.1) is 5.41 Å². The molecule has 0 saturated heterocycles. The van der Waals surface area contributed by atoms with E-state index >= 15 is 0 Å². The average Bonchev–Trinajstić information content (AvgIpc) is 2.17. The van der Waals surface area contributed by atoms with E-state index < -0.39 is 5.41 Å². The molecule has 0 aromatic heterocycles. The van der Waals surface area contributed by atoms with E-state index in [-0.39, 0.29) is 11.0 Å². The van der Waals surface area contributed by atoms with Crippen LogP contribution in [-0.2, 0) is 4.79 Å². The van der Waals surface area contributed by atoms with Crippen molar-refractivity contribution in [1.82, 2.24) is 0 Å². The van der Waals surface area contributed by atoms with Gasteiger partial charge in [-0.1, -0.05) is 0 Å². The summed E-state index contributed by atoms with van der Waals surface area (Å²) in [5, 5.41) is 8.82. The fraction of sp³-hybridized carbons (Fsp3) is 0.417. The zero-order valence-electron chi connectivity index (χ0n) is 9.70. The van der Waals surface area contributed by atoms with Crippen LogP contribution in [0.5, 0.6) is 5.75 Å². The molecule has 0 heterocycles. The Labute approximate surface area is 101 Å². The highest BCUT2D eigenvalue weighted by atomic mass is 35.5. The monoisotopic (exact) mass is 241 g/mol. The van der Waals surface area contributed by atoms with Crippen LogP contribution in [0, 0.1) is 5.41 Å². The third-order valence-corrected chi connectivity index (χ3v) is 2.97. The van der Waals surface area contributed by atoms with Crippen molar-refractivity contribution in [1.29, 1.82) is 0 Å². The van der Waals surface area contributed by atoms with Gasteiger partial charge in [-0.3, -0.25) is 4.79 Å². The van der Waals surface area contributed by atoms with Gasteiger partial charge in [0, 0.05) is 19.3 Å². The lowest BCUT2D eigenvalue weighted by atomic mass is 9.94. The highest BCUT2D eigenvalue weighted by molar-refractivity contribution is 6.64. The van der Waals surface area contributed by atoms with Crippen LogP contribution in [0.25, 0.3) is 0 Å². The van der Waals surface area contributed by atoms with E-state index in [2.05, 4.69) is 0 Å². The van der Waals surface area contributed by atoms with Gasteiger partial charge in [0.25, 0.3) is 0 Å². The number of carbonyl (C=O) groups is 1. The van der Waals surface area contributed by atoms with Crippen molar-refractivity contribution in [2.75, 3.05) is 18.5 Å². The Morgan fingerprint density at radius 2 is 1.88 bits per heavy atom. The number of anilines is 1. The molecule has 0 saturated carbocycles. The summed E-state index contributed by atoms with van der Waals surface area (Å²) >= 11 is 5.52. The summed E-state index contributed by atoms with van der Waals surface area (Å²) in [4.78, 5) is 13.1. The van der Waals surface area contributed by atoms with E-state index in [1.165, 1.54) is 0 Å². The molecule has 0 bridgehead atoms. The second kappa shape index (κ2) is 4.74. The number of aromatic hydroxyl groups is 1. The van der Waals surface area contributed by atoms with E-state index in [4.69, 9.17) is 16.7 Å². The van der Waals surface area contributed by atoms with Gasteiger partial charge in [0.1, 0.15) is 5.75 Å². The van der Waals surface area contributed by atoms with Gasteiger partial charge in [-0.25, -0.2) is 0 Å². The number of rotatable bonds is 4. The maximum Gasteiger partial charge on any atom is 0.229 e. The topological polar surface area (TPSA) is 40.5 Å². The molecular formula is C12H16ClNO2. The molecule has 88 valence electrons. The number of phenols is 1. The van der Waals surface area contributed by atoms with Crippen LogP contribution in [0.4, 0.5) is 5.69 Å². The number of phenolic OH excluding ortho intramolecular Hbond substituents is 1. The molecular weight excluding hydrogens is 226 g/mol. The fourth-order valence-corrected chi connectivity index (χ4v) is 1.51. The predicted octanol–water partition coefficient (Wildman–Crippen LogP) is 2.62. The third kappa shape index (κ3) is 3.14. The molecule has 0 fully saturated rings. The molecule has 1 rings (SSSR count). The summed E-state index contributed by atoms with van der Waals surface area (Å²) in [7, 11) is 1.88. The minimum atomic E-state index is -0.589. The summed E-state index contributed by atoms with van der Waals surface area (Å²) in [6.07, 6.45) is 0. The lowest BCUT2D eigenvalue weighted by molar-refractivity contribution is -0.118. The van der Waals surface area contributed by atoms with Crippen molar-refractivity contribution in [3.63, 3.8) is 0 Å². The van der Waals surface area contributed by atoms with Crippen molar-refractivity contribution in [3.8, 4) is 5.75 Å². The van der Waals surface area contributed by atoms with Gasteiger partial charge in [0.2, 0.25) is 5.24 Å². The molecule has 4 heteroatoms. The summed E-state index contributed by atoms with van der Waals surface area (Å²) in [5.74, 6) is 0.227. The lowest BCUT2D eigenvalue weighted by Crippen LogP contribution is -2.35. The molecule has 0 radical (unpaired) electrons. The number of nitrogens with zero attached hydrogens (tertiary/aromatic N) is 1. The molecule has 0 amide bonds. The molecule has 0 atom stereocenters. The van der Waals surface area contributed by atoms with Gasteiger partial charge < -0.3 is 10.0 Å². The molecule has 16 heavy (non-hydrogen) atoms. The minimum absolute atomic E-state index is 0.227. The van der Waals surface area contributed by atoms with Crippen molar-refractivity contribution in [2.24, 2.45) is 5.41 Å². The van der Waals surface area contributed by atoms with Gasteiger partial charge in [0.15, 0.2) is 0 Å². The van der Waals surface area contributed by atoms with Gasteiger partial charge in [-0.15, -0.1) is 0 Å². The van der Waals surface area contributed by atoms with Crippen LogP contribution in [0.1, 0.15) is 13.8 Å². The van der Waals surface area contributed by atoms with E-state index in [1.807, 2.05) is 11.9 Å². The van der Waals surface area contributed by atoms with Crippen molar-refractivity contribution in [2.45, 2.75) is 13.8 Å². The Hall–Kier alpha value is -1.22. The number of halogens is 1. The standard InChI is InChI=1S/C12H16ClNO2/c1-12(2,11(13)16)8-14(3)9-4-6-10(15)7-5-9/h4-7,15H,8H2,1-3H3. The summed E-state index contributed by atoms with van der Waals surface area (Å²) < 4.78 is 0. The Kier molecular flexibility index (Phi) is 3.81. The molecule has 0 spiro atoms. The molecule has 0 aliphatic carbocycles. The largest absolute Gasteiger partial charge is 0.508 e. The normalized spacial score (nSPS) is 11.2. The molecule has 0 aliphatic rings. The average molecular weight is 242 g/mol. The Morgan fingerprint density at radius 1 is 1.38 bits per heavy atom. The number of hydrogen-bond acceptors (Lipinski definition) is 3. The zero-order valence-corrected chi connectivity index (χ0v) is 10.5. The second-order valence-corrected chi connectivity index (χ2v) is 4.87. The maximum atomic E-state index is 11.2. The number of hydrogen-bond donors (Lipinski definition) is 1. The molecule has 3 nitrogen and oxygen atoms in total. The Bertz CT molecular complexity index is 373. The summed E-state index contributed by atoms with van der Waals surface area (Å²) in [5.41, 5.74) is 0.345. The molecule has 1 N–H and O–H groups in total. The minimum Gasteiger partial charge on any atom is -0.508 e. The van der Waals surface area contributed by atoms with Crippen LogP contribution in [0.2, 0.25) is 0 Å². The van der Waals surface area contributed by atoms with Crippen LogP contribution < -0.4 is 4.90 Å². The smallest absolute Gasteiger partial charge is 0.229 e. The van der Waals surface area contributed by atoms with E-state index in [9.17, 15) is 4.79 Å². The molecule has 1 aromatic rings. The quantitative estimate of drug-likeness (QED) is 0.824. The van der Waals surface area contributed by atoms with Crippen molar-refractivity contribution >= 4 is 22.5 Å². The first-order valence-corrected chi connectivity index (χ1v) is 5.41. The first kappa shape index (κ1) is 12.8. The number of benzene rings is 1. The van der Waals surface area contributed by atoms with Gasteiger partial charge in [-0.05, 0) is 49.7 Å². The highest BCUT2D eigenvalue weighted by Gasteiger charge is 2.27. The van der Waals surface area contributed by atoms with Gasteiger partial charge >= 0.3 is 0 Å². The van der Waals surface area contributed by atoms with Crippen LogP contribution in [0.15, 0.2) is 24.3 Å². The first-order chi connectivity index (χ1) is 7.33. The second-order valence-electron chi connectivity index (χ2n) is 4.53. The highest BCUT2D eigenvalue weighted by Crippen LogP contribution is 2.24. The van der Waals surface area contributed by atoms with Gasteiger partial charge in [-0.2, -0.15) is 0 Å². The van der Waals surface area contributed by atoms with Crippen molar-refractivity contribution < 1.29 is 9.90 Å². The van der Waals surface area contributed by atoms with Crippen LogP contribution in [0.3, 0.4) is 0 Å². The third-order valence-electron chi connectivity index (χ3n) is 2.46. The van der Waals surface area contributed by atoms with Crippen LogP contribution in [-0.4, -0.2) is 23.9 Å². The Morgan fingerprint density at radius 3 is 2.31 bits per heavy atom. The van der Waals surface area contributed by atoms with Crippen molar-refractivity contribution in [3.05, 3.63) is 24.3 Å². The predicted molar refractivity (Wildman–Crippen MR) is 66.0 cm³/mol. The first-order valence-electron chi connectivity index (χ1n) is 5.03. The maximum absolute atomic E-state index is 11.2. The van der Waals surface area contributed by atoms with Crippen LogP contribution >= 0.6 is 11.6 Å². The fourth-order valence-electron chi connectivity index (χ4n) is 1.45. The Balaban J connectivity index is 2.76. The zero-order chi connectivity index (χ0) is 12.3. The summed E-state index contributed by atoms with van der Waals surface area (Å²) in [6, 6.07) is 6.82. The lowest BCUT2D eigenvalue weighted by Gasteiger charge is -2.28. The number of carbonyl (C=O) groups excluding carboxylic acids is 1. The van der Waals surface area contributed by atoms with E-state index in [0.717, 1.165) is 5.69 Å². The SMILES string of the molecule is CN(CC(C)(C)C(=O)Cl)c1ccc(O)cc1. The molecule has 0 aliphatic heterocycles. The molecule has 0 unspecified atom stereocenters. The summed E-state index contributed by atoms with van der Waals surface area (Å²) in [6.45, 7) is 4.14. The van der Waals surface area contributed by atoms with E-state index in [1.54, 1.807) is 38.1 Å². The van der Waals surface area contributed by atoms with E-state index in [0.29, 0.717) is 6.54 Å². The molecule has 1 aromatic carbocycles.